The molecule has 5 aliphatic rings. The highest BCUT2D eigenvalue weighted by Gasteiger charge is 2.72. The summed E-state index contributed by atoms with van der Waals surface area (Å²) < 4.78 is 0. The molecule has 0 aromatic carbocycles. The van der Waals surface area contributed by atoms with Crippen molar-refractivity contribution in [3.8, 4) is 0 Å². The smallest absolute Gasteiger partial charge is 0.0545 e. The summed E-state index contributed by atoms with van der Waals surface area (Å²) in [5.41, 5.74) is 2.75. The van der Waals surface area contributed by atoms with Gasteiger partial charge in [-0.3, -0.25) is 0 Å². The number of hydrogen-bond donors (Lipinski definition) is 1. The number of fused-ring (bicyclic) bond motifs is 7. The maximum atomic E-state index is 10.7. The van der Waals surface area contributed by atoms with Crippen molar-refractivity contribution in [2.24, 2.45) is 56.2 Å². The van der Waals surface area contributed by atoms with Crippen LogP contribution in [-0.2, 0) is 0 Å². The van der Waals surface area contributed by atoms with Gasteiger partial charge in [0.1, 0.15) is 0 Å². The Morgan fingerprint density at radius 1 is 0.581 bits per heavy atom. The van der Waals surface area contributed by atoms with E-state index in [1.807, 2.05) is 0 Å². The Bertz CT molecular complexity index is 739. The van der Waals surface area contributed by atoms with Gasteiger partial charge in [-0.05, 0) is 127 Å². The summed E-state index contributed by atoms with van der Waals surface area (Å²) in [5, 5.41) is 10.7. The van der Waals surface area contributed by atoms with Crippen molar-refractivity contribution in [3.05, 3.63) is 0 Å². The molecule has 0 aromatic rings. The number of aliphatic hydroxyl groups is 1. The Morgan fingerprint density at radius 2 is 1.13 bits per heavy atom. The molecule has 0 spiro atoms. The Kier molecular flexibility index (Phi) is 4.80. The second kappa shape index (κ2) is 6.55. The normalized spacial score (nSPS) is 59.1. The van der Waals surface area contributed by atoms with Crippen LogP contribution in [0.4, 0.5) is 0 Å². The van der Waals surface area contributed by atoms with Gasteiger partial charge < -0.3 is 5.11 Å². The zero-order valence-electron chi connectivity index (χ0n) is 22.1. The quantitative estimate of drug-likeness (QED) is 0.445. The average Bonchev–Trinajstić information content (AvgIpc) is 2.93. The lowest BCUT2D eigenvalue weighted by molar-refractivity contribution is -0.255. The van der Waals surface area contributed by atoms with Crippen LogP contribution in [-0.4, -0.2) is 11.2 Å². The van der Waals surface area contributed by atoms with Gasteiger partial charge >= 0.3 is 0 Å². The molecule has 10 atom stereocenters. The molecule has 1 nitrogen and oxygen atoms in total. The first-order valence-corrected chi connectivity index (χ1v) is 13.9. The summed E-state index contributed by atoms with van der Waals surface area (Å²) in [7, 11) is 0. The van der Waals surface area contributed by atoms with E-state index in [1.165, 1.54) is 70.6 Å². The Hall–Kier alpha value is -0.0400. The lowest BCUT2D eigenvalue weighted by atomic mass is 9.31. The van der Waals surface area contributed by atoms with Gasteiger partial charge in [-0.25, -0.2) is 0 Å². The SMILES string of the molecule is CC(O)C1CCC2(C)C3CCC4C5(C)CCCC(C)(C)C5CCC4(C)C3(C)CCC12C. The van der Waals surface area contributed by atoms with Crippen LogP contribution < -0.4 is 0 Å². The molecule has 5 fully saturated rings. The fraction of sp³-hybridized carbons (Fsp3) is 1.00. The van der Waals surface area contributed by atoms with Crippen molar-refractivity contribution in [3.63, 3.8) is 0 Å². The van der Waals surface area contributed by atoms with Gasteiger partial charge in [0.05, 0.1) is 6.10 Å². The van der Waals surface area contributed by atoms with Gasteiger partial charge in [0.2, 0.25) is 0 Å². The van der Waals surface area contributed by atoms with E-state index in [9.17, 15) is 5.11 Å². The monoisotopic (exact) mass is 428 g/mol. The second-order valence-electron chi connectivity index (χ2n) is 15.2. The highest BCUT2D eigenvalue weighted by molar-refractivity contribution is 5.21. The Morgan fingerprint density at radius 3 is 1.81 bits per heavy atom. The number of aliphatic hydroxyl groups excluding tert-OH is 1. The van der Waals surface area contributed by atoms with E-state index in [0.717, 1.165) is 17.8 Å². The highest BCUT2D eigenvalue weighted by atomic mass is 16.3. The minimum Gasteiger partial charge on any atom is -0.393 e. The molecule has 5 saturated carbocycles. The average molecular weight is 429 g/mol. The third-order valence-corrected chi connectivity index (χ3v) is 14.2. The maximum Gasteiger partial charge on any atom is 0.0545 e. The van der Waals surface area contributed by atoms with Crippen LogP contribution in [0, 0.1) is 56.2 Å². The molecule has 0 heterocycles. The molecule has 31 heavy (non-hydrogen) atoms. The predicted octanol–water partition coefficient (Wildman–Crippen LogP) is 8.25. The van der Waals surface area contributed by atoms with Crippen molar-refractivity contribution in [2.45, 2.75) is 132 Å². The van der Waals surface area contributed by atoms with E-state index in [0.29, 0.717) is 38.4 Å². The molecule has 0 aromatic heterocycles. The van der Waals surface area contributed by atoms with Crippen LogP contribution in [0.2, 0.25) is 0 Å². The molecule has 0 amide bonds. The summed E-state index contributed by atoms with van der Waals surface area (Å²) in [5.74, 6) is 3.16. The van der Waals surface area contributed by atoms with E-state index < -0.39 is 0 Å². The summed E-state index contributed by atoms with van der Waals surface area (Å²) in [6.07, 6.45) is 15.3. The van der Waals surface area contributed by atoms with Gasteiger partial charge in [0.15, 0.2) is 0 Å². The van der Waals surface area contributed by atoms with Gasteiger partial charge in [-0.1, -0.05) is 54.9 Å². The van der Waals surface area contributed by atoms with Crippen molar-refractivity contribution in [1.82, 2.24) is 0 Å². The minimum absolute atomic E-state index is 0.151. The van der Waals surface area contributed by atoms with Crippen LogP contribution in [0.1, 0.15) is 126 Å². The minimum atomic E-state index is -0.151. The van der Waals surface area contributed by atoms with Crippen molar-refractivity contribution in [2.75, 3.05) is 0 Å². The molecule has 5 rings (SSSR count). The van der Waals surface area contributed by atoms with Gasteiger partial charge in [0.25, 0.3) is 0 Å². The van der Waals surface area contributed by atoms with Crippen LogP contribution in [0.15, 0.2) is 0 Å². The molecule has 0 aliphatic heterocycles. The standard InChI is InChI=1S/C30H52O/c1-20(31)21-12-16-29(7)24-11-10-23-26(4)15-9-14-25(2,3)22(26)13-17-28(23,6)30(24,8)19-18-27(21,29)5/h20-24,31H,9-19H2,1-8H3. The van der Waals surface area contributed by atoms with E-state index >= 15 is 0 Å². The molecule has 1 heteroatoms. The summed E-state index contributed by atoms with van der Waals surface area (Å²) in [6.45, 7) is 20.7. The highest BCUT2D eigenvalue weighted by Crippen LogP contribution is 2.80. The first-order valence-electron chi connectivity index (χ1n) is 13.9. The third-order valence-electron chi connectivity index (χ3n) is 14.2. The van der Waals surface area contributed by atoms with Crippen LogP contribution >= 0.6 is 0 Å². The lowest BCUT2D eigenvalue weighted by Crippen LogP contribution is -2.67. The summed E-state index contributed by atoms with van der Waals surface area (Å²) in [4.78, 5) is 0. The van der Waals surface area contributed by atoms with E-state index in [-0.39, 0.29) is 6.10 Å². The largest absolute Gasteiger partial charge is 0.393 e. The topological polar surface area (TPSA) is 20.2 Å². The molecular weight excluding hydrogens is 376 g/mol. The summed E-state index contributed by atoms with van der Waals surface area (Å²) in [6, 6.07) is 0. The molecule has 1 N–H and O–H groups in total. The van der Waals surface area contributed by atoms with Crippen LogP contribution in [0.3, 0.4) is 0 Å². The summed E-state index contributed by atoms with van der Waals surface area (Å²) >= 11 is 0. The first-order chi connectivity index (χ1) is 14.3. The van der Waals surface area contributed by atoms with Crippen molar-refractivity contribution in [1.29, 1.82) is 0 Å². The van der Waals surface area contributed by atoms with Crippen molar-refractivity contribution >= 4 is 0 Å². The second-order valence-corrected chi connectivity index (χ2v) is 15.2. The number of hydrogen-bond acceptors (Lipinski definition) is 1. The molecule has 5 aliphatic carbocycles. The van der Waals surface area contributed by atoms with E-state index in [4.69, 9.17) is 0 Å². The lowest BCUT2D eigenvalue weighted by Gasteiger charge is -2.74. The molecule has 10 unspecified atom stereocenters. The predicted molar refractivity (Wildman–Crippen MR) is 131 cm³/mol. The molecule has 0 saturated heterocycles. The zero-order valence-corrected chi connectivity index (χ0v) is 22.1. The molecule has 0 radical (unpaired) electrons. The fourth-order valence-corrected chi connectivity index (χ4v) is 12.3. The van der Waals surface area contributed by atoms with Gasteiger partial charge in [0, 0.05) is 0 Å². The van der Waals surface area contributed by atoms with Crippen molar-refractivity contribution < 1.29 is 5.11 Å². The van der Waals surface area contributed by atoms with E-state index in [2.05, 4.69) is 55.4 Å². The van der Waals surface area contributed by atoms with Gasteiger partial charge in [-0.15, -0.1) is 0 Å². The number of rotatable bonds is 1. The first kappa shape index (κ1) is 22.7. The maximum absolute atomic E-state index is 10.7. The van der Waals surface area contributed by atoms with Gasteiger partial charge in [-0.2, -0.15) is 0 Å². The van der Waals surface area contributed by atoms with Crippen LogP contribution in [0.5, 0.6) is 0 Å². The fourth-order valence-electron chi connectivity index (χ4n) is 12.3. The third kappa shape index (κ3) is 2.54. The molecular formula is C30H52O. The Labute approximate surface area is 193 Å². The zero-order chi connectivity index (χ0) is 22.7. The molecule has 0 bridgehead atoms. The van der Waals surface area contributed by atoms with E-state index in [1.54, 1.807) is 0 Å². The van der Waals surface area contributed by atoms with Crippen LogP contribution in [0.25, 0.3) is 0 Å². The Balaban J connectivity index is 1.54. The molecule has 178 valence electrons.